The predicted octanol–water partition coefficient (Wildman–Crippen LogP) is -22.9. The number of imidazole rings is 2. The quantitative estimate of drug-likeness (QED) is 0.0225. The number of esters is 2. The number of carbonyl (C=O) groups excluding carboxylic acids is 2. The van der Waals surface area contributed by atoms with Crippen LogP contribution in [0, 0.1) is 0 Å². The molecule has 6 heterocycles. The Labute approximate surface area is 593 Å². The van der Waals surface area contributed by atoms with Gasteiger partial charge in [0, 0.05) is 25.5 Å². The zero-order valence-corrected chi connectivity index (χ0v) is 59.9. The number of rotatable bonds is 18. The number of para-hydroxylation sites is 2. The second-order valence-electron chi connectivity index (χ2n) is 15.5. The molecule has 2 fully saturated rings. The smallest absolute Gasteiger partial charge is 0.790 e. The molecule has 8 rings (SSSR count). The predicted molar refractivity (Wildman–Crippen MR) is 240 cm³/mol. The van der Waals surface area contributed by atoms with Crippen molar-refractivity contribution in [1.29, 1.82) is 0 Å². The number of carbonyl (C=O) groups is 2. The van der Waals surface area contributed by atoms with Crippen molar-refractivity contribution in [2.24, 2.45) is 0 Å². The van der Waals surface area contributed by atoms with E-state index >= 15 is 0 Å². The summed E-state index contributed by atoms with van der Waals surface area (Å²) in [5.41, 5.74) is 10.1. The van der Waals surface area contributed by atoms with Crippen molar-refractivity contribution in [2.75, 3.05) is 49.4 Å². The third kappa shape index (κ3) is 20.3. The van der Waals surface area contributed by atoms with Crippen molar-refractivity contribution in [2.45, 2.75) is 49.1 Å². The van der Waals surface area contributed by atoms with Crippen molar-refractivity contribution in [3.63, 3.8) is 0 Å². The minimum Gasteiger partial charge on any atom is -0.790 e. The van der Waals surface area contributed by atoms with Gasteiger partial charge in [-0.3, -0.25) is 46.4 Å². The number of aromatic nitrogens is 8. The largest absolute Gasteiger partial charge is 1.00 e. The van der Waals surface area contributed by atoms with Crippen LogP contribution in [0.5, 0.6) is 0 Å². The molecule has 2 aliphatic rings. The van der Waals surface area contributed by atoms with Crippen LogP contribution in [0.25, 0.3) is 22.3 Å². The standard InChI is InChI=1S/2C18H22N6O12P2.6Na/c1-20-9-5-3-2-4-8(9)17(27)35-13-10(6-33-38(31,32)36-37(28,29)30)34-16(12(13)25)24-7-21-11-14(24)22-18(19)23-15(11)26;1-20-9-5-3-2-4-8(9)17(27)35-13-12(25)10(6-33-38(31,32)36-37(28,29)30)34-16(13)24-7-21-11-14(24)22-18(19)23-15(11)26;;;;;;/h2*2-5,7,10,12-13,16,20,25H,6H2,1H3,(H,31,32)(H2,28,29,30)(H3,19,22,23,26);;;;;;/q;;6*+1/p-6/t2*10-,12-,13-,16-;;;;;;/m11....../s1. The van der Waals surface area contributed by atoms with Crippen LogP contribution in [0.3, 0.4) is 0 Å². The topological polar surface area (TPSA) is 558 Å². The van der Waals surface area contributed by atoms with Gasteiger partial charge in [-0.1, -0.05) is 24.3 Å². The summed E-state index contributed by atoms with van der Waals surface area (Å²) in [6.45, 7) is -2.11. The van der Waals surface area contributed by atoms with E-state index in [0.29, 0.717) is 11.4 Å². The Hall–Kier alpha value is -0.360. The number of nitrogens with zero attached hydrogens (tertiary/aromatic N) is 6. The van der Waals surface area contributed by atoms with Gasteiger partial charge in [-0.2, -0.15) is 9.97 Å². The Morgan fingerprint density at radius 2 is 1.00 bits per heavy atom. The van der Waals surface area contributed by atoms with E-state index in [4.69, 9.17) is 30.4 Å². The van der Waals surface area contributed by atoms with Crippen molar-refractivity contribution >= 4 is 88.8 Å². The first-order valence-electron chi connectivity index (χ1n) is 21.0. The first kappa shape index (κ1) is 79.7. The van der Waals surface area contributed by atoms with E-state index in [0.717, 1.165) is 21.8 Å². The summed E-state index contributed by atoms with van der Waals surface area (Å²) >= 11 is 0. The minimum absolute atomic E-state index is 0. The van der Waals surface area contributed by atoms with Gasteiger partial charge < -0.3 is 98.8 Å². The number of aliphatic hydroxyl groups excluding tert-OH is 2. The number of anilines is 4. The molecule has 4 aromatic heterocycles. The number of nitrogens with two attached hydrogens (primary N) is 2. The molecule has 0 spiro atoms. The second kappa shape index (κ2) is 33.5. The number of phosphoric ester groups is 2. The van der Waals surface area contributed by atoms with E-state index in [-0.39, 0.29) is 223 Å². The van der Waals surface area contributed by atoms with E-state index in [2.05, 4.69) is 58.2 Å². The molecule has 2 aromatic carbocycles. The molecule has 10 N–H and O–H groups in total. The number of nitrogens with one attached hydrogen (secondary N) is 4. The average Bonchev–Trinajstić information content (AvgIpc) is 4.10. The van der Waals surface area contributed by atoms with E-state index in [9.17, 15) is 77.0 Å². The van der Waals surface area contributed by atoms with E-state index in [1.807, 2.05) is 0 Å². The molecule has 82 heavy (non-hydrogen) atoms. The number of benzene rings is 2. The summed E-state index contributed by atoms with van der Waals surface area (Å²) in [6, 6.07) is 12.4. The third-order valence-corrected chi connectivity index (χ3v) is 14.7. The van der Waals surface area contributed by atoms with Crippen LogP contribution in [0.15, 0.2) is 70.8 Å². The SMILES string of the molecule is CNc1ccccc1C(=O)O[C@@H]1[C@H](O)[C@@H](COP(=O)([O-])OP(=O)([O-])[O-])O[C@H]1n1cnc2c(=O)[nH]c(N)nc21.CNc1ccccc1C(=O)O[C@H]1[C@@H](O)[C@H](n2cnc3c(=O)[nH]c(N)nc32)O[C@@H]1COP(=O)([O-])OP(=O)([O-])[O-].[Na+].[Na+].[Na+].[Na+].[Na+].[Na+]. The Balaban J connectivity index is 0.000000764. The zero-order valence-electron chi connectivity index (χ0n) is 44.3. The molecule has 6 aromatic rings. The first-order chi connectivity index (χ1) is 35.6. The molecule has 0 radical (unpaired) electrons. The van der Waals surface area contributed by atoms with Gasteiger partial charge in [0.2, 0.25) is 11.9 Å². The molecule has 2 saturated heterocycles. The third-order valence-electron chi connectivity index (χ3n) is 10.6. The minimum atomic E-state index is -5.98. The molecule has 46 heteroatoms. The Morgan fingerprint density at radius 1 is 0.622 bits per heavy atom. The molecule has 2 unspecified atom stereocenters. The second-order valence-corrected chi connectivity index (χ2v) is 20.9. The van der Waals surface area contributed by atoms with Crippen LogP contribution < -0.4 is 240 Å². The molecule has 0 amide bonds. The van der Waals surface area contributed by atoms with Gasteiger partial charge in [0.1, 0.15) is 24.4 Å². The Kier molecular flexibility index (Phi) is 32.5. The van der Waals surface area contributed by atoms with E-state index < -0.39 is 117 Å². The molecule has 0 aliphatic carbocycles. The summed E-state index contributed by atoms with van der Waals surface area (Å²) in [6.07, 6.45) is -10.6. The summed E-state index contributed by atoms with van der Waals surface area (Å²) in [4.78, 5) is 137. The maximum absolute atomic E-state index is 13.0. The fourth-order valence-corrected chi connectivity index (χ4v) is 10.4. The van der Waals surface area contributed by atoms with Crippen LogP contribution in [-0.2, 0) is 54.9 Å². The number of hydrogen-bond acceptors (Lipinski definition) is 32. The molecular formula is C36H38N12Na6O24P4. The maximum atomic E-state index is 13.0. The molecule has 0 bridgehead atoms. The van der Waals surface area contributed by atoms with Crippen LogP contribution in [-0.4, -0.2) is 125 Å². The fourth-order valence-electron chi connectivity index (χ4n) is 7.45. The Bertz CT molecular complexity index is 3490. The number of fused-ring (bicyclic) bond motifs is 2. The van der Waals surface area contributed by atoms with Crippen molar-refractivity contribution < 1.29 is 281 Å². The number of aliphatic hydroxyl groups is 2. The molecule has 412 valence electrons. The van der Waals surface area contributed by atoms with E-state index in [1.54, 1.807) is 50.5 Å². The first-order valence-corrected chi connectivity index (χ1v) is 26.9. The van der Waals surface area contributed by atoms with Gasteiger partial charge in [0.05, 0.1) is 52.6 Å². The van der Waals surface area contributed by atoms with Gasteiger partial charge in [0.25, 0.3) is 26.8 Å². The van der Waals surface area contributed by atoms with Gasteiger partial charge in [-0.25, -0.2) is 19.6 Å². The normalized spacial score (nSPS) is 21.6. The van der Waals surface area contributed by atoms with Crippen molar-refractivity contribution in [3.05, 3.63) is 93.0 Å². The van der Waals surface area contributed by atoms with Gasteiger partial charge in [-0.15, -0.1) is 0 Å². The molecular weight excluding hydrogens is 1250 g/mol. The maximum Gasteiger partial charge on any atom is 1.00 e. The van der Waals surface area contributed by atoms with Gasteiger partial charge in [0.15, 0.2) is 47.0 Å². The molecule has 36 nitrogen and oxygen atoms in total. The summed E-state index contributed by atoms with van der Waals surface area (Å²) in [7, 11) is -20.2. The molecule has 10 atom stereocenters. The van der Waals surface area contributed by atoms with Crippen LogP contribution >= 0.6 is 31.3 Å². The monoisotopic (exact) mass is 1280 g/mol. The Morgan fingerprint density at radius 3 is 1.41 bits per heavy atom. The number of phosphoric acid groups is 4. The summed E-state index contributed by atoms with van der Waals surface area (Å²) < 4.78 is 84.9. The summed E-state index contributed by atoms with van der Waals surface area (Å²) in [5.74, 6) is -2.44. The number of hydrogen-bond donors (Lipinski definition) is 8. The van der Waals surface area contributed by atoms with Crippen LogP contribution in [0.4, 0.5) is 23.3 Å². The van der Waals surface area contributed by atoms with Gasteiger partial charge >= 0.3 is 189 Å². The number of nitrogen functional groups attached to an aromatic ring is 2. The fraction of sp³-hybridized carbons (Fsp3) is 0.333. The number of aromatic amines is 2. The summed E-state index contributed by atoms with van der Waals surface area (Å²) in [5, 5.41) is 27.5. The molecule has 0 saturated carbocycles. The van der Waals surface area contributed by atoms with Gasteiger partial charge in [-0.05, 0) is 24.3 Å². The zero-order chi connectivity index (χ0) is 55.7. The van der Waals surface area contributed by atoms with Crippen molar-refractivity contribution in [3.8, 4) is 0 Å². The van der Waals surface area contributed by atoms with Crippen LogP contribution in [0.1, 0.15) is 33.2 Å². The number of H-pyrrole nitrogens is 2. The molecule has 2 aliphatic heterocycles. The number of ether oxygens (including phenoxy) is 4. The average molecular weight is 1280 g/mol. The van der Waals surface area contributed by atoms with Crippen LogP contribution in [0.2, 0.25) is 0 Å². The van der Waals surface area contributed by atoms with E-state index in [1.165, 1.54) is 12.1 Å². The van der Waals surface area contributed by atoms with Crippen molar-refractivity contribution in [1.82, 2.24) is 39.0 Å².